The Hall–Kier alpha value is -0.310. The Morgan fingerprint density at radius 2 is 1.81 bits per heavy atom. The highest BCUT2D eigenvalue weighted by Gasteiger charge is 2.47. The van der Waals surface area contributed by atoms with Crippen molar-refractivity contribution in [3.8, 4) is 0 Å². The average Bonchev–Trinajstić information content (AvgIpc) is 3.18. The first kappa shape index (κ1) is 15.6. The van der Waals surface area contributed by atoms with Gasteiger partial charge in [-0.3, -0.25) is 4.79 Å². The van der Waals surface area contributed by atoms with Crippen molar-refractivity contribution in [2.24, 2.45) is 5.92 Å². The Bertz CT molecular complexity index is 506. The molecule has 3 rings (SSSR count). The third-order valence-electron chi connectivity index (χ3n) is 4.57. The smallest absolute Gasteiger partial charge is 0.322 e. The number of rotatable bonds is 4. The maximum atomic E-state index is 13.0. The summed E-state index contributed by atoms with van der Waals surface area (Å²) in [5.74, 6) is 1.27. The molecule has 2 unspecified atom stereocenters. The highest BCUT2D eigenvalue weighted by Crippen LogP contribution is 2.40. The van der Waals surface area contributed by atoms with E-state index in [0.717, 1.165) is 30.8 Å². The number of aliphatic carboxylic acids is 1. The third-order valence-corrected chi connectivity index (χ3v) is 7.80. The summed E-state index contributed by atoms with van der Waals surface area (Å²) in [5, 5.41) is 9.26. The molecule has 2 saturated heterocycles. The third kappa shape index (κ3) is 3.09. The molecule has 0 radical (unpaired) electrons. The quantitative estimate of drug-likeness (QED) is 0.830. The molecule has 0 aromatic heterocycles. The summed E-state index contributed by atoms with van der Waals surface area (Å²) in [6, 6.07) is -0.830. The van der Waals surface area contributed by atoms with Crippen LogP contribution in [0.1, 0.15) is 32.1 Å². The van der Waals surface area contributed by atoms with E-state index >= 15 is 0 Å². The van der Waals surface area contributed by atoms with Crippen LogP contribution in [0.2, 0.25) is 0 Å². The zero-order valence-electron chi connectivity index (χ0n) is 12.0. The Morgan fingerprint density at radius 3 is 2.48 bits per heavy atom. The van der Waals surface area contributed by atoms with E-state index in [-0.39, 0.29) is 6.04 Å². The normalized spacial score (nSPS) is 33.0. The summed E-state index contributed by atoms with van der Waals surface area (Å²) in [7, 11) is -3.66. The lowest BCUT2D eigenvalue weighted by Gasteiger charge is -2.33. The van der Waals surface area contributed by atoms with Crippen molar-refractivity contribution < 1.29 is 18.3 Å². The van der Waals surface area contributed by atoms with Gasteiger partial charge in [0.15, 0.2) is 0 Å². The lowest BCUT2D eigenvalue weighted by molar-refractivity contribution is -0.140. The maximum absolute atomic E-state index is 13.0. The molecule has 0 spiro atoms. The molecule has 0 aromatic carbocycles. The molecule has 6 nitrogen and oxygen atoms in total. The first-order chi connectivity index (χ1) is 10.0. The summed E-state index contributed by atoms with van der Waals surface area (Å²) < 4.78 is 28.8. The van der Waals surface area contributed by atoms with Gasteiger partial charge >= 0.3 is 5.97 Å². The molecule has 2 aliphatic heterocycles. The van der Waals surface area contributed by atoms with Crippen molar-refractivity contribution in [2.45, 2.75) is 44.2 Å². The second kappa shape index (κ2) is 6.06. The Balaban J connectivity index is 1.85. The van der Waals surface area contributed by atoms with Gasteiger partial charge in [-0.1, -0.05) is 0 Å². The number of carbonyl (C=O) groups is 1. The molecule has 8 heteroatoms. The first-order valence-corrected chi connectivity index (χ1v) is 10.2. The topological polar surface area (TPSA) is 77.9 Å². The fourth-order valence-corrected chi connectivity index (χ4v) is 6.69. The van der Waals surface area contributed by atoms with Gasteiger partial charge in [0.2, 0.25) is 0 Å². The van der Waals surface area contributed by atoms with Crippen molar-refractivity contribution in [1.82, 2.24) is 8.61 Å². The predicted molar refractivity (Wildman–Crippen MR) is 81.4 cm³/mol. The van der Waals surface area contributed by atoms with E-state index in [9.17, 15) is 18.3 Å². The zero-order chi connectivity index (χ0) is 15.0. The molecule has 3 aliphatic rings. The van der Waals surface area contributed by atoms with Gasteiger partial charge in [0.1, 0.15) is 6.04 Å². The van der Waals surface area contributed by atoms with Crippen LogP contribution in [0, 0.1) is 5.92 Å². The fraction of sp³-hybridized carbons (Fsp3) is 0.923. The number of thioether (sulfide) groups is 1. The molecule has 2 atom stereocenters. The van der Waals surface area contributed by atoms with Crippen LogP contribution in [0.15, 0.2) is 0 Å². The maximum Gasteiger partial charge on any atom is 0.322 e. The lowest BCUT2D eigenvalue weighted by Crippen LogP contribution is -2.52. The fourth-order valence-electron chi connectivity index (χ4n) is 3.31. The second-order valence-electron chi connectivity index (χ2n) is 6.06. The minimum atomic E-state index is -3.66. The van der Waals surface area contributed by atoms with Gasteiger partial charge in [0, 0.05) is 24.9 Å². The summed E-state index contributed by atoms with van der Waals surface area (Å²) in [5.41, 5.74) is 0. The molecule has 0 amide bonds. The van der Waals surface area contributed by atoms with E-state index in [1.165, 1.54) is 4.31 Å². The van der Waals surface area contributed by atoms with E-state index < -0.39 is 22.2 Å². The van der Waals surface area contributed by atoms with Crippen LogP contribution in [0.3, 0.4) is 0 Å². The highest BCUT2D eigenvalue weighted by atomic mass is 32.2. The average molecular weight is 334 g/mol. The summed E-state index contributed by atoms with van der Waals surface area (Å²) in [4.78, 5) is 11.3. The van der Waals surface area contributed by atoms with Crippen molar-refractivity contribution >= 4 is 27.9 Å². The number of hydrogen-bond donors (Lipinski definition) is 1. The Labute approximate surface area is 130 Å². The van der Waals surface area contributed by atoms with Gasteiger partial charge in [-0.15, -0.1) is 0 Å². The van der Waals surface area contributed by atoms with Gasteiger partial charge in [0.25, 0.3) is 10.2 Å². The van der Waals surface area contributed by atoms with Gasteiger partial charge in [-0.2, -0.15) is 28.8 Å². The zero-order valence-corrected chi connectivity index (χ0v) is 13.6. The van der Waals surface area contributed by atoms with Crippen LogP contribution in [-0.2, 0) is 15.0 Å². The van der Waals surface area contributed by atoms with Crippen LogP contribution < -0.4 is 0 Å². The van der Waals surface area contributed by atoms with E-state index in [1.807, 2.05) is 11.8 Å². The second-order valence-corrected chi connectivity index (χ2v) is 9.04. The van der Waals surface area contributed by atoms with Gasteiger partial charge in [0.05, 0.1) is 0 Å². The molecule has 1 saturated carbocycles. The number of nitrogens with zero attached hydrogens (tertiary/aromatic N) is 2. The summed E-state index contributed by atoms with van der Waals surface area (Å²) >= 11 is 1.82. The Kier molecular flexibility index (Phi) is 4.50. The van der Waals surface area contributed by atoms with Gasteiger partial charge < -0.3 is 5.11 Å². The van der Waals surface area contributed by atoms with Crippen LogP contribution in [0.25, 0.3) is 0 Å². The minimum absolute atomic E-state index is 0.0533. The molecule has 0 aromatic rings. The monoisotopic (exact) mass is 334 g/mol. The van der Waals surface area contributed by atoms with Crippen molar-refractivity contribution in [3.05, 3.63) is 0 Å². The molecule has 1 aliphatic carbocycles. The molecule has 21 heavy (non-hydrogen) atoms. The van der Waals surface area contributed by atoms with Crippen LogP contribution in [0.4, 0.5) is 0 Å². The largest absolute Gasteiger partial charge is 0.480 e. The van der Waals surface area contributed by atoms with E-state index in [4.69, 9.17) is 0 Å². The highest BCUT2D eigenvalue weighted by molar-refractivity contribution is 7.99. The predicted octanol–water partition coefficient (Wildman–Crippen LogP) is 0.998. The Morgan fingerprint density at radius 1 is 1.10 bits per heavy atom. The summed E-state index contributed by atoms with van der Waals surface area (Å²) in [6.07, 6.45) is 4.09. The van der Waals surface area contributed by atoms with E-state index in [2.05, 4.69) is 0 Å². The lowest BCUT2D eigenvalue weighted by atomic mass is 10.2. The van der Waals surface area contributed by atoms with E-state index in [1.54, 1.807) is 4.31 Å². The van der Waals surface area contributed by atoms with E-state index in [0.29, 0.717) is 31.8 Å². The summed E-state index contributed by atoms with van der Waals surface area (Å²) in [6.45, 7) is 0.861. The molecule has 1 N–H and O–H groups in total. The van der Waals surface area contributed by atoms with Crippen molar-refractivity contribution in [2.75, 3.05) is 24.6 Å². The minimum Gasteiger partial charge on any atom is -0.480 e. The van der Waals surface area contributed by atoms with Gasteiger partial charge in [-0.05, 0) is 43.8 Å². The molecular weight excluding hydrogens is 312 g/mol. The number of carboxylic acid groups (broad SMARTS) is 1. The first-order valence-electron chi connectivity index (χ1n) is 7.61. The van der Waals surface area contributed by atoms with Crippen LogP contribution in [-0.4, -0.2) is 64.8 Å². The van der Waals surface area contributed by atoms with Crippen molar-refractivity contribution in [3.63, 3.8) is 0 Å². The standard InChI is InChI=1S/C13H22N2O4S2/c16-13(17)11-3-1-6-14(11)21(18,19)15-7-2-8-20-9-12(15)10-4-5-10/h10-12H,1-9H2,(H,16,17). The SMILES string of the molecule is O=C(O)C1CCCN1S(=O)(=O)N1CCCSCC1C1CC1. The molecular formula is C13H22N2O4S2. The van der Waals surface area contributed by atoms with Crippen LogP contribution >= 0.6 is 11.8 Å². The molecule has 120 valence electrons. The van der Waals surface area contributed by atoms with Crippen molar-refractivity contribution in [1.29, 1.82) is 0 Å². The number of hydrogen-bond acceptors (Lipinski definition) is 4. The molecule has 2 heterocycles. The molecule has 3 fully saturated rings. The number of carboxylic acids is 1. The van der Waals surface area contributed by atoms with Gasteiger partial charge in [-0.25, -0.2) is 0 Å². The van der Waals surface area contributed by atoms with Crippen LogP contribution in [0.5, 0.6) is 0 Å². The molecule has 0 bridgehead atoms.